The Morgan fingerprint density at radius 3 is 2.81 bits per heavy atom. The third kappa shape index (κ3) is 3.23. The molecule has 1 aromatic carbocycles. The van der Waals surface area contributed by atoms with Gasteiger partial charge in [-0.25, -0.2) is 0 Å². The quantitative estimate of drug-likeness (QED) is 0.781. The number of nitrogens with zero attached hydrogens (tertiary/aromatic N) is 1. The molecule has 0 aliphatic carbocycles. The Bertz CT molecular complexity index is 667. The highest BCUT2D eigenvalue weighted by Gasteiger charge is 2.30. The fourth-order valence-electron chi connectivity index (χ4n) is 2.70. The maximum atomic E-state index is 11.5. The Balaban J connectivity index is 1.84. The number of halogens is 2. The van der Waals surface area contributed by atoms with Crippen molar-refractivity contribution in [2.75, 3.05) is 6.54 Å². The van der Waals surface area contributed by atoms with Gasteiger partial charge in [0.1, 0.15) is 0 Å². The van der Waals surface area contributed by atoms with E-state index in [1.165, 1.54) is 4.88 Å². The fourth-order valence-corrected chi connectivity index (χ4v) is 4.92. The van der Waals surface area contributed by atoms with Gasteiger partial charge in [0.05, 0.1) is 9.70 Å². The molecule has 1 N–H and O–H groups in total. The number of aliphatic carboxylic acids is 1. The number of fused-ring (bicyclic) bond motifs is 1. The normalized spacial score (nSPS) is 18.5. The van der Waals surface area contributed by atoms with Crippen molar-refractivity contribution in [1.82, 2.24) is 4.90 Å². The van der Waals surface area contributed by atoms with Gasteiger partial charge >= 0.3 is 5.97 Å². The Morgan fingerprint density at radius 2 is 2.14 bits per heavy atom. The average molecular weight is 431 g/mol. The van der Waals surface area contributed by atoms with E-state index in [0.717, 1.165) is 32.5 Å². The first-order valence-electron chi connectivity index (χ1n) is 6.51. The fraction of sp³-hybridized carbons (Fsp3) is 0.267. The highest BCUT2D eigenvalue weighted by molar-refractivity contribution is 9.13. The van der Waals surface area contributed by atoms with Crippen LogP contribution in [-0.4, -0.2) is 22.5 Å². The molecule has 1 aromatic heterocycles. The van der Waals surface area contributed by atoms with Gasteiger partial charge in [0.25, 0.3) is 0 Å². The zero-order valence-electron chi connectivity index (χ0n) is 11.1. The van der Waals surface area contributed by atoms with Gasteiger partial charge in [-0.15, -0.1) is 11.3 Å². The van der Waals surface area contributed by atoms with E-state index < -0.39 is 11.9 Å². The molecule has 1 aliphatic heterocycles. The molecule has 3 rings (SSSR count). The van der Waals surface area contributed by atoms with E-state index in [1.807, 2.05) is 24.3 Å². The van der Waals surface area contributed by atoms with Crippen LogP contribution in [0.4, 0.5) is 0 Å². The summed E-state index contributed by atoms with van der Waals surface area (Å²) in [6.07, 6.45) is 0. The van der Waals surface area contributed by atoms with Crippen molar-refractivity contribution in [3.8, 4) is 0 Å². The first-order valence-corrected chi connectivity index (χ1v) is 8.91. The van der Waals surface area contributed by atoms with Crippen molar-refractivity contribution in [2.45, 2.75) is 19.0 Å². The summed E-state index contributed by atoms with van der Waals surface area (Å²) in [6, 6.07) is 9.93. The molecule has 0 spiro atoms. The lowest BCUT2D eigenvalue weighted by molar-refractivity contribution is -0.139. The summed E-state index contributed by atoms with van der Waals surface area (Å²) >= 11 is 8.67. The summed E-state index contributed by atoms with van der Waals surface area (Å²) in [6.45, 7) is 2.12. The molecule has 0 radical (unpaired) electrons. The van der Waals surface area contributed by atoms with E-state index in [9.17, 15) is 9.90 Å². The standard InChI is InChI=1S/C15H13Br2NO2S/c16-13-5-10(21-14(13)17)7-18-6-9-3-1-2-4-11(9)12(8-18)15(19)20/h1-5,12H,6-8H2,(H,19,20). The second-order valence-electron chi connectivity index (χ2n) is 5.09. The molecular formula is C15H13Br2NO2S. The topological polar surface area (TPSA) is 40.5 Å². The van der Waals surface area contributed by atoms with E-state index >= 15 is 0 Å². The molecule has 2 aromatic rings. The maximum Gasteiger partial charge on any atom is 0.312 e. The maximum absolute atomic E-state index is 11.5. The van der Waals surface area contributed by atoms with E-state index in [0.29, 0.717) is 6.54 Å². The first kappa shape index (κ1) is 15.2. The van der Waals surface area contributed by atoms with Crippen LogP contribution in [0.25, 0.3) is 0 Å². The first-order chi connectivity index (χ1) is 10.0. The minimum absolute atomic E-state index is 0.443. The van der Waals surface area contributed by atoms with E-state index in [-0.39, 0.29) is 0 Å². The van der Waals surface area contributed by atoms with Gasteiger partial charge < -0.3 is 5.11 Å². The lowest BCUT2D eigenvalue weighted by Gasteiger charge is -2.32. The third-order valence-corrected chi connectivity index (χ3v) is 6.88. The smallest absolute Gasteiger partial charge is 0.312 e. The number of benzene rings is 1. The largest absolute Gasteiger partial charge is 0.481 e. The molecule has 2 heterocycles. The zero-order valence-corrected chi connectivity index (χ0v) is 15.0. The Hall–Kier alpha value is -0.690. The molecule has 1 atom stereocenters. The molecule has 0 saturated heterocycles. The van der Waals surface area contributed by atoms with Crippen LogP contribution in [0.15, 0.2) is 38.6 Å². The highest BCUT2D eigenvalue weighted by atomic mass is 79.9. The summed E-state index contributed by atoms with van der Waals surface area (Å²) in [5, 5.41) is 9.48. The lowest BCUT2D eigenvalue weighted by Crippen LogP contribution is -2.36. The number of carbonyl (C=O) groups is 1. The minimum atomic E-state index is -0.749. The number of carboxylic acids is 1. The Labute approximate surface area is 143 Å². The molecule has 1 unspecified atom stereocenters. The van der Waals surface area contributed by atoms with Crippen LogP contribution in [0.1, 0.15) is 21.9 Å². The molecule has 6 heteroatoms. The number of rotatable bonds is 3. The van der Waals surface area contributed by atoms with Gasteiger partial charge in [-0.1, -0.05) is 24.3 Å². The van der Waals surface area contributed by atoms with Crippen molar-refractivity contribution in [3.63, 3.8) is 0 Å². The molecule has 0 fully saturated rings. The predicted molar refractivity (Wildman–Crippen MR) is 90.7 cm³/mol. The van der Waals surface area contributed by atoms with Crippen LogP contribution in [-0.2, 0) is 17.9 Å². The minimum Gasteiger partial charge on any atom is -0.481 e. The summed E-state index contributed by atoms with van der Waals surface area (Å²) in [4.78, 5) is 15.0. The van der Waals surface area contributed by atoms with Crippen LogP contribution in [0, 0.1) is 0 Å². The Morgan fingerprint density at radius 1 is 1.38 bits per heavy atom. The van der Waals surface area contributed by atoms with Crippen LogP contribution < -0.4 is 0 Å². The molecule has 0 bridgehead atoms. The van der Waals surface area contributed by atoms with Gasteiger partial charge in [-0.3, -0.25) is 9.69 Å². The van der Waals surface area contributed by atoms with Gasteiger partial charge in [0.15, 0.2) is 0 Å². The highest BCUT2D eigenvalue weighted by Crippen LogP contribution is 2.35. The lowest BCUT2D eigenvalue weighted by atomic mass is 9.90. The van der Waals surface area contributed by atoms with Crippen molar-refractivity contribution < 1.29 is 9.90 Å². The SMILES string of the molecule is O=C(O)C1CN(Cc2cc(Br)c(Br)s2)Cc2ccccc21. The molecular weight excluding hydrogens is 418 g/mol. The molecule has 21 heavy (non-hydrogen) atoms. The molecule has 1 aliphatic rings. The zero-order chi connectivity index (χ0) is 15.0. The second kappa shape index (κ2) is 6.20. The number of hydrogen-bond donors (Lipinski definition) is 1. The van der Waals surface area contributed by atoms with Gasteiger partial charge in [0, 0.05) is 29.0 Å². The summed E-state index contributed by atoms with van der Waals surface area (Å²) in [5.74, 6) is -1.19. The monoisotopic (exact) mass is 429 g/mol. The van der Waals surface area contributed by atoms with E-state index in [4.69, 9.17) is 0 Å². The van der Waals surface area contributed by atoms with Crippen LogP contribution >= 0.6 is 43.2 Å². The Kier molecular flexibility index (Phi) is 4.49. The van der Waals surface area contributed by atoms with Crippen LogP contribution in [0.2, 0.25) is 0 Å². The molecule has 3 nitrogen and oxygen atoms in total. The predicted octanol–water partition coefficient (Wildman–Crippen LogP) is 4.46. The van der Waals surface area contributed by atoms with Gasteiger partial charge in [-0.2, -0.15) is 0 Å². The van der Waals surface area contributed by atoms with Crippen LogP contribution in [0.5, 0.6) is 0 Å². The van der Waals surface area contributed by atoms with Gasteiger partial charge in [-0.05, 0) is 49.1 Å². The van der Waals surface area contributed by atoms with Crippen molar-refractivity contribution in [2.24, 2.45) is 0 Å². The average Bonchev–Trinajstić information content (AvgIpc) is 2.76. The molecule has 0 saturated carbocycles. The van der Waals surface area contributed by atoms with Crippen molar-refractivity contribution in [1.29, 1.82) is 0 Å². The van der Waals surface area contributed by atoms with Crippen molar-refractivity contribution in [3.05, 3.63) is 54.6 Å². The number of hydrogen-bond acceptors (Lipinski definition) is 3. The molecule has 110 valence electrons. The summed E-state index contributed by atoms with van der Waals surface area (Å²) in [7, 11) is 0. The summed E-state index contributed by atoms with van der Waals surface area (Å²) in [5.41, 5.74) is 2.07. The van der Waals surface area contributed by atoms with E-state index in [2.05, 4.69) is 42.8 Å². The third-order valence-electron chi connectivity index (χ3n) is 3.64. The molecule has 0 amide bonds. The number of carboxylic acid groups (broad SMARTS) is 1. The van der Waals surface area contributed by atoms with Crippen LogP contribution in [0.3, 0.4) is 0 Å². The van der Waals surface area contributed by atoms with Gasteiger partial charge in [0.2, 0.25) is 0 Å². The summed E-state index contributed by atoms with van der Waals surface area (Å²) < 4.78 is 2.12. The second-order valence-corrected chi connectivity index (χ2v) is 8.40. The van der Waals surface area contributed by atoms with Crippen molar-refractivity contribution >= 4 is 49.2 Å². The van der Waals surface area contributed by atoms with E-state index in [1.54, 1.807) is 11.3 Å². The number of thiophene rings is 1.